The van der Waals surface area contributed by atoms with Gasteiger partial charge in [-0.1, -0.05) is 6.07 Å². The molecule has 0 saturated carbocycles. The number of nitrogens with zero attached hydrogens (tertiary/aromatic N) is 2. The van der Waals surface area contributed by atoms with Gasteiger partial charge in [0, 0.05) is 5.69 Å². The van der Waals surface area contributed by atoms with Gasteiger partial charge in [0.15, 0.2) is 11.8 Å². The summed E-state index contributed by atoms with van der Waals surface area (Å²) in [6, 6.07) is 3.73. The van der Waals surface area contributed by atoms with Crippen molar-refractivity contribution < 1.29 is 28.6 Å². The maximum atomic E-state index is 12.9. The van der Waals surface area contributed by atoms with Crippen molar-refractivity contribution in [1.29, 1.82) is 0 Å². The van der Waals surface area contributed by atoms with Gasteiger partial charge in [-0.15, -0.1) is 0 Å². The van der Waals surface area contributed by atoms with E-state index in [0.29, 0.717) is 5.69 Å². The van der Waals surface area contributed by atoms with E-state index in [1.165, 1.54) is 0 Å². The van der Waals surface area contributed by atoms with Crippen LogP contribution in [0, 0.1) is 6.92 Å². The molecule has 0 aromatic carbocycles. The van der Waals surface area contributed by atoms with Crippen LogP contribution in [-0.4, -0.2) is 48.7 Å². The van der Waals surface area contributed by atoms with Gasteiger partial charge in [0.1, 0.15) is 11.4 Å². The van der Waals surface area contributed by atoms with Gasteiger partial charge in [-0.2, -0.15) is 0 Å². The average Bonchev–Trinajstić information content (AvgIpc) is 2.89. The zero-order chi connectivity index (χ0) is 19.3. The number of pyridine rings is 1. The van der Waals surface area contributed by atoms with Gasteiger partial charge >= 0.3 is 11.9 Å². The van der Waals surface area contributed by atoms with Crippen molar-refractivity contribution in [3.8, 4) is 0 Å². The first-order valence-electron chi connectivity index (χ1n) is 8.44. The molecule has 140 valence electrons. The third-order valence-electron chi connectivity index (χ3n) is 3.60. The lowest BCUT2D eigenvalue weighted by molar-refractivity contribution is -0.147. The minimum absolute atomic E-state index is 0.0914. The normalized spacial score (nSPS) is 16.7. The van der Waals surface area contributed by atoms with Gasteiger partial charge < -0.3 is 14.2 Å². The number of carbonyl (C=O) groups excluding carboxylic acids is 3. The molecule has 1 aromatic rings. The standard InChI is InChI=1S/C18H22N2O6/c1-5-24-15-13(17(22)25-6-2)14(18(23)26-7-3)20(16(15)21)12-10-8-9-11(4)19-12/h8-10,14H,5-7H2,1-4H3. The van der Waals surface area contributed by atoms with Crippen LogP contribution in [0.25, 0.3) is 0 Å². The Morgan fingerprint density at radius 3 is 2.38 bits per heavy atom. The van der Waals surface area contributed by atoms with Crippen molar-refractivity contribution in [2.24, 2.45) is 0 Å². The lowest BCUT2D eigenvalue weighted by Crippen LogP contribution is -2.44. The monoisotopic (exact) mass is 362 g/mol. The Hall–Kier alpha value is -2.90. The van der Waals surface area contributed by atoms with Gasteiger partial charge in [0.05, 0.1) is 19.8 Å². The number of hydrogen-bond donors (Lipinski definition) is 0. The van der Waals surface area contributed by atoms with E-state index in [0.717, 1.165) is 4.90 Å². The first kappa shape index (κ1) is 19.4. The maximum Gasteiger partial charge on any atom is 0.340 e. The Morgan fingerprint density at radius 1 is 1.12 bits per heavy atom. The molecule has 8 nitrogen and oxygen atoms in total. The van der Waals surface area contributed by atoms with E-state index in [-0.39, 0.29) is 37.0 Å². The molecular weight excluding hydrogens is 340 g/mol. The van der Waals surface area contributed by atoms with Gasteiger partial charge in [-0.3, -0.25) is 9.69 Å². The van der Waals surface area contributed by atoms with Gasteiger partial charge in [0.2, 0.25) is 0 Å². The summed E-state index contributed by atoms with van der Waals surface area (Å²) in [6.07, 6.45) is 0. The molecule has 0 spiro atoms. The average molecular weight is 362 g/mol. The zero-order valence-electron chi connectivity index (χ0n) is 15.3. The minimum Gasteiger partial charge on any atom is -0.488 e. The number of carbonyl (C=O) groups is 3. The summed E-state index contributed by atoms with van der Waals surface area (Å²) in [5, 5.41) is 0. The van der Waals surface area contributed by atoms with Crippen LogP contribution in [0.5, 0.6) is 0 Å². The second-order valence-corrected chi connectivity index (χ2v) is 5.36. The SMILES string of the molecule is CCOC(=O)C1=C(OCC)C(=O)N(c2cccc(C)n2)C1C(=O)OCC. The summed E-state index contributed by atoms with van der Waals surface area (Å²) in [7, 11) is 0. The molecule has 1 aromatic heterocycles. The van der Waals surface area contributed by atoms with Crippen LogP contribution in [0.2, 0.25) is 0 Å². The number of rotatable bonds is 7. The summed E-state index contributed by atoms with van der Waals surface area (Å²) in [5.74, 6) is -2.16. The molecule has 1 atom stereocenters. The molecule has 1 aliphatic heterocycles. The number of ether oxygens (including phenoxy) is 3. The summed E-state index contributed by atoms with van der Waals surface area (Å²) in [5.41, 5.74) is 0.487. The molecule has 1 aliphatic rings. The van der Waals surface area contributed by atoms with E-state index in [9.17, 15) is 14.4 Å². The van der Waals surface area contributed by atoms with Crippen molar-refractivity contribution in [2.45, 2.75) is 33.7 Å². The number of aryl methyl sites for hydroxylation is 1. The quantitative estimate of drug-likeness (QED) is 0.679. The Bertz CT molecular complexity index is 743. The van der Waals surface area contributed by atoms with Crippen molar-refractivity contribution in [3.05, 3.63) is 35.2 Å². The van der Waals surface area contributed by atoms with E-state index in [2.05, 4.69) is 4.98 Å². The second kappa shape index (κ2) is 8.46. The number of anilines is 1. The number of esters is 2. The van der Waals surface area contributed by atoms with Crippen LogP contribution in [0.15, 0.2) is 29.5 Å². The Morgan fingerprint density at radius 2 is 1.81 bits per heavy atom. The molecule has 0 fully saturated rings. The molecular formula is C18H22N2O6. The van der Waals surface area contributed by atoms with E-state index >= 15 is 0 Å². The molecule has 0 bridgehead atoms. The molecule has 1 unspecified atom stereocenters. The van der Waals surface area contributed by atoms with Crippen LogP contribution in [-0.2, 0) is 28.6 Å². The topological polar surface area (TPSA) is 95.0 Å². The fraction of sp³-hybridized carbons (Fsp3) is 0.444. The molecule has 2 heterocycles. The fourth-order valence-corrected chi connectivity index (χ4v) is 2.64. The van der Waals surface area contributed by atoms with Crippen LogP contribution >= 0.6 is 0 Å². The van der Waals surface area contributed by atoms with E-state index < -0.39 is 23.9 Å². The minimum atomic E-state index is -1.31. The summed E-state index contributed by atoms with van der Waals surface area (Å²) < 4.78 is 15.5. The lowest BCUT2D eigenvalue weighted by Gasteiger charge is -2.23. The zero-order valence-corrected chi connectivity index (χ0v) is 15.3. The molecule has 8 heteroatoms. The predicted molar refractivity (Wildman–Crippen MR) is 92.2 cm³/mol. The fourth-order valence-electron chi connectivity index (χ4n) is 2.64. The first-order chi connectivity index (χ1) is 12.5. The Labute approximate surface area is 151 Å². The highest BCUT2D eigenvalue weighted by atomic mass is 16.5. The summed E-state index contributed by atoms with van der Waals surface area (Å²) in [4.78, 5) is 43.4. The third kappa shape index (κ3) is 3.68. The predicted octanol–water partition coefficient (Wildman–Crippen LogP) is 1.52. The molecule has 1 amide bonds. The molecule has 0 aliphatic carbocycles. The molecule has 0 N–H and O–H groups in total. The number of amides is 1. The molecule has 0 saturated heterocycles. The van der Waals surface area contributed by atoms with Gasteiger partial charge in [0.25, 0.3) is 5.91 Å². The highest BCUT2D eigenvalue weighted by Gasteiger charge is 2.50. The second-order valence-electron chi connectivity index (χ2n) is 5.36. The number of hydrogen-bond acceptors (Lipinski definition) is 7. The lowest BCUT2D eigenvalue weighted by atomic mass is 10.1. The van der Waals surface area contributed by atoms with Gasteiger partial charge in [-0.25, -0.2) is 14.6 Å². The van der Waals surface area contributed by atoms with Crippen molar-refractivity contribution in [3.63, 3.8) is 0 Å². The van der Waals surface area contributed by atoms with Crippen molar-refractivity contribution >= 4 is 23.7 Å². The Balaban J connectivity index is 2.60. The van der Waals surface area contributed by atoms with Crippen molar-refractivity contribution in [2.75, 3.05) is 24.7 Å². The maximum absolute atomic E-state index is 12.9. The van der Waals surface area contributed by atoms with Gasteiger partial charge in [-0.05, 0) is 39.8 Å². The summed E-state index contributed by atoms with van der Waals surface area (Å²) in [6.45, 7) is 7.04. The molecule has 26 heavy (non-hydrogen) atoms. The van der Waals surface area contributed by atoms with Crippen LogP contribution in [0.1, 0.15) is 26.5 Å². The summed E-state index contributed by atoms with van der Waals surface area (Å²) >= 11 is 0. The van der Waals surface area contributed by atoms with E-state index in [1.54, 1.807) is 45.9 Å². The number of aromatic nitrogens is 1. The highest BCUT2D eigenvalue weighted by molar-refractivity contribution is 6.19. The molecule has 2 rings (SSSR count). The van der Waals surface area contributed by atoms with E-state index in [1.807, 2.05) is 0 Å². The third-order valence-corrected chi connectivity index (χ3v) is 3.60. The van der Waals surface area contributed by atoms with Crippen LogP contribution < -0.4 is 4.90 Å². The highest BCUT2D eigenvalue weighted by Crippen LogP contribution is 2.32. The largest absolute Gasteiger partial charge is 0.488 e. The van der Waals surface area contributed by atoms with Crippen LogP contribution in [0.4, 0.5) is 5.82 Å². The molecule has 0 radical (unpaired) electrons. The smallest absolute Gasteiger partial charge is 0.340 e. The Kier molecular flexibility index (Phi) is 6.32. The van der Waals surface area contributed by atoms with Crippen molar-refractivity contribution in [1.82, 2.24) is 4.98 Å². The van der Waals surface area contributed by atoms with E-state index in [4.69, 9.17) is 14.2 Å². The van der Waals surface area contributed by atoms with Crippen LogP contribution in [0.3, 0.4) is 0 Å². The first-order valence-corrected chi connectivity index (χ1v) is 8.44.